The first-order valence-electron chi connectivity index (χ1n) is 9.86. The first-order valence-corrected chi connectivity index (χ1v) is 11.1. The largest absolute Gasteiger partial charge is 0.502 e. The SMILES string of the molecule is COc1cccc(NC(=S)/C(=C(\O)c2ccccc2Br)[n+]2ccc(C(C)(C)C)cc2)c1. The average molecular weight is 498 g/mol. The van der Waals surface area contributed by atoms with Gasteiger partial charge in [-0.15, -0.1) is 0 Å². The number of aliphatic hydroxyl groups is 1. The maximum absolute atomic E-state index is 11.3. The Balaban J connectivity index is 2.09. The van der Waals surface area contributed by atoms with E-state index in [1.807, 2.05) is 77.6 Å². The van der Waals surface area contributed by atoms with Gasteiger partial charge in [0.15, 0.2) is 23.1 Å². The number of nitrogens with zero attached hydrogens (tertiary/aromatic N) is 1. The van der Waals surface area contributed by atoms with Crippen molar-refractivity contribution in [2.75, 3.05) is 12.4 Å². The number of aromatic nitrogens is 1. The monoisotopic (exact) mass is 497 g/mol. The maximum Gasteiger partial charge on any atom is 0.288 e. The van der Waals surface area contributed by atoms with Crippen molar-refractivity contribution < 1.29 is 14.4 Å². The number of methoxy groups -OCH3 is 1. The van der Waals surface area contributed by atoms with Crippen LogP contribution >= 0.6 is 28.1 Å². The second-order valence-electron chi connectivity index (χ2n) is 8.11. The molecule has 0 aliphatic rings. The Kier molecular flexibility index (Phi) is 7.13. The molecule has 6 heteroatoms. The molecule has 2 aromatic carbocycles. The van der Waals surface area contributed by atoms with Gasteiger partial charge in [-0.2, -0.15) is 4.57 Å². The van der Waals surface area contributed by atoms with Gasteiger partial charge >= 0.3 is 0 Å². The summed E-state index contributed by atoms with van der Waals surface area (Å²) in [4.78, 5) is 0.384. The zero-order valence-corrected chi connectivity index (χ0v) is 20.4. The molecule has 0 bridgehead atoms. The van der Waals surface area contributed by atoms with Gasteiger partial charge < -0.3 is 15.2 Å². The highest BCUT2D eigenvalue weighted by Crippen LogP contribution is 2.27. The Morgan fingerprint density at radius 3 is 2.32 bits per heavy atom. The first-order chi connectivity index (χ1) is 14.7. The van der Waals surface area contributed by atoms with Crippen LogP contribution in [0.25, 0.3) is 11.5 Å². The molecule has 0 aliphatic carbocycles. The molecule has 0 spiro atoms. The third-order valence-corrected chi connectivity index (χ3v) is 5.84. The molecule has 3 aromatic rings. The molecular formula is C25H26BrN2O2S+. The fourth-order valence-electron chi connectivity index (χ4n) is 3.09. The highest BCUT2D eigenvalue weighted by atomic mass is 79.9. The van der Waals surface area contributed by atoms with Crippen LogP contribution in [-0.4, -0.2) is 17.2 Å². The Labute approximate surface area is 197 Å². The van der Waals surface area contributed by atoms with E-state index in [4.69, 9.17) is 17.0 Å². The summed E-state index contributed by atoms with van der Waals surface area (Å²) >= 11 is 9.27. The summed E-state index contributed by atoms with van der Waals surface area (Å²) in [5.41, 5.74) is 3.11. The number of benzene rings is 2. The van der Waals surface area contributed by atoms with E-state index in [0.29, 0.717) is 16.2 Å². The van der Waals surface area contributed by atoms with E-state index in [1.165, 1.54) is 5.56 Å². The summed E-state index contributed by atoms with van der Waals surface area (Å²) in [5, 5.41) is 14.5. The summed E-state index contributed by atoms with van der Waals surface area (Å²) in [6.07, 6.45) is 3.84. The van der Waals surface area contributed by atoms with Crippen molar-refractivity contribution in [1.29, 1.82) is 0 Å². The lowest BCUT2D eigenvalue weighted by molar-refractivity contribution is -0.575. The lowest BCUT2D eigenvalue weighted by Crippen LogP contribution is -2.39. The van der Waals surface area contributed by atoms with E-state index >= 15 is 0 Å². The number of aliphatic hydroxyl groups excluding tert-OH is 1. The van der Waals surface area contributed by atoms with Crippen molar-refractivity contribution >= 4 is 50.3 Å². The number of thiocarbonyl (C=S) groups is 1. The third kappa shape index (κ3) is 5.51. The molecule has 0 fully saturated rings. The molecule has 1 aromatic heterocycles. The molecule has 0 unspecified atom stereocenters. The Morgan fingerprint density at radius 2 is 1.71 bits per heavy atom. The lowest BCUT2D eigenvalue weighted by Gasteiger charge is -2.18. The number of ether oxygens (including phenoxy) is 1. The number of hydrogen-bond acceptors (Lipinski definition) is 3. The van der Waals surface area contributed by atoms with Crippen LogP contribution in [0.4, 0.5) is 5.69 Å². The van der Waals surface area contributed by atoms with Crippen LogP contribution in [0.2, 0.25) is 0 Å². The minimum absolute atomic E-state index is 0.0207. The summed E-state index contributed by atoms with van der Waals surface area (Å²) in [7, 11) is 1.62. The summed E-state index contributed by atoms with van der Waals surface area (Å²) in [6, 6.07) is 19.1. The normalized spacial score (nSPS) is 12.2. The Bertz CT molecular complexity index is 1120. The summed E-state index contributed by atoms with van der Waals surface area (Å²) in [6.45, 7) is 6.49. The molecule has 1 heterocycles. The molecule has 0 radical (unpaired) electrons. The fourth-order valence-corrected chi connectivity index (χ4v) is 3.89. The van der Waals surface area contributed by atoms with Crippen molar-refractivity contribution in [2.45, 2.75) is 26.2 Å². The highest BCUT2D eigenvalue weighted by Gasteiger charge is 2.26. The summed E-state index contributed by atoms with van der Waals surface area (Å²) in [5.74, 6) is 0.789. The zero-order valence-electron chi connectivity index (χ0n) is 18.0. The molecule has 0 atom stereocenters. The van der Waals surface area contributed by atoms with Gasteiger partial charge in [-0.25, -0.2) is 0 Å². The minimum Gasteiger partial charge on any atom is -0.502 e. The van der Waals surface area contributed by atoms with Crippen LogP contribution in [0.5, 0.6) is 5.75 Å². The van der Waals surface area contributed by atoms with Gasteiger partial charge in [0, 0.05) is 33.9 Å². The molecule has 2 N–H and O–H groups in total. The molecule has 160 valence electrons. The lowest BCUT2D eigenvalue weighted by atomic mass is 9.88. The smallest absolute Gasteiger partial charge is 0.288 e. The van der Waals surface area contributed by atoms with Gasteiger partial charge in [0.05, 0.1) is 7.11 Å². The number of rotatable bonds is 5. The predicted octanol–water partition coefficient (Wildman–Crippen LogP) is 6.37. The molecule has 31 heavy (non-hydrogen) atoms. The van der Waals surface area contributed by atoms with E-state index in [2.05, 4.69) is 42.0 Å². The van der Waals surface area contributed by atoms with Crippen molar-refractivity contribution in [3.8, 4) is 5.75 Å². The van der Waals surface area contributed by atoms with Gasteiger partial charge in [0.25, 0.3) is 5.70 Å². The molecule has 0 aliphatic heterocycles. The molecular weight excluding hydrogens is 472 g/mol. The van der Waals surface area contributed by atoms with Gasteiger partial charge in [0.2, 0.25) is 0 Å². The number of halogens is 1. The van der Waals surface area contributed by atoms with E-state index < -0.39 is 0 Å². The van der Waals surface area contributed by atoms with Crippen LogP contribution in [0.15, 0.2) is 77.5 Å². The van der Waals surface area contributed by atoms with Crippen molar-refractivity contribution in [1.82, 2.24) is 0 Å². The maximum atomic E-state index is 11.3. The standard InChI is InChI=1S/C25H25BrN2O2S/c1-25(2,3)17-12-14-28(15-13-17)22(23(29)20-10-5-6-11-21(20)26)24(31)27-18-8-7-9-19(16-18)30-4/h5-16H,1-4H3,(H-,27,29,31)/p+1. The molecule has 0 saturated heterocycles. The topological polar surface area (TPSA) is 45.4 Å². The van der Waals surface area contributed by atoms with Crippen LogP contribution in [0.1, 0.15) is 31.9 Å². The van der Waals surface area contributed by atoms with Crippen LogP contribution < -0.4 is 14.6 Å². The highest BCUT2D eigenvalue weighted by molar-refractivity contribution is 9.10. The molecule has 3 rings (SSSR count). The number of hydrogen-bond donors (Lipinski definition) is 2. The quantitative estimate of drug-likeness (QED) is 0.186. The molecule has 4 nitrogen and oxygen atoms in total. The number of pyridine rings is 1. The van der Waals surface area contributed by atoms with E-state index in [-0.39, 0.29) is 11.2 Å². The van der Waals surface area contributed by atoms with Crippen LogP contribution in [-0.2, 0) is 5.41 Å². The third-order valence-electron chi connectivity index (χ3n) is 4.85. The van der Waals surface area contributed by atoms with Crippen molar-refractivity contribution in [3.63, 3.8) is 0 Å². The van der Waals surface area contributed by atoms with E-state index in [9.17, 15) is 5.11 Å². The second-order valence-corrected chi connectivity index (χ2v) is 9.37. The average Bonchev–Trinajstić information content (AvgIpc) is 2.74. The van der Waals surface area contributed by atoms with Gasteiger partial charge in [0.1, 0.15) is 5.75 Å². The van der Waals surface area contributed by atoms with Crippen molar-refractivity contribution in [3.05, 3.63) is 88.7 Å². The first kappa shape index (κ1) is 23.0. The van der Waals surface area contributed by atoms with Crippen LogP contribution in [0.3, 0.4) is 0 Å². The van der Waals surface area contributed by atoms with Crippen molar-refractivity contribution in [2.24, 2.45) is 0 Å². The van der Waals surface area contributed by atoms with Gasteiger partial charge in [-0.3, -0.25) is 0 Å². The van der Waals surface area contributed by atoms with E-state index in [0.717, 1.165) is 15.9 Å². The second kappa shape index (κ2) is 9.62. The van der Waals surface area contributed by atoms with Gasteiger partial charge in [-0.05, 0) is 35.2 Å². The number of anilines is 1. The molecule has 0 saturated carbocycles. The predicted molar refractivity (Wildman–Crippen MR) is 134 cm³/mol. The minimum atomic E-state index is 0.0207. The van der Waals surface area contributed by atoms with E-state index in [1.54, 1.807) is 7.11 Å². The number of nitrogens with one attached hydrogen (secondary N) is 1. The zero-order chi connectivity index (χ0) is 22.6. The fraction of sp³-hybridized carbons (Fsp3) is 0.200. The Hall–Kier alpha value is -2.70. The van der Waals surface area contributed by atoms with Gasteiger partial charge in [-0.1, -0.05) is 67.1 Å². The Morgan fingerprint density at radius 1 is 1.03 bits per heavy atom. The summed E-state index contributed by atoms with van der Waals surface area (Å²) < 4.78 is 7.91. The molecule has 0 amide bonds. The van der Waals surface area contributed by atoms with Crippen LogP contribution in [0, 0.1) is 0 Å².